The van der Waals surface area contributed by atoms with Crippen molar-refractivity contribution in [2.45, 2.75) is 18.4 Å². The van der Waals surface area contributed by atoms with E-state index >= 15 is 0 Å². The monoisotopic (exact) mass is 410 g/mol. The zero-order valence-corrected chi connectivity index (χ0v) is 16.4. The van der Waals surface area contributed by atoms with Crippen LogP contribution in [0, 0.1) is 16.0 Å². The Morgan fingerprint density at radius 2 is 1.71 bits per heavy atom. The fourth-order valence-electron chi connectivity index (χ4n) is 5.34. The number of benzene rings is 3. The van der Waals surface area contributed by atoms with Crippen molar-refractivity contribution in [3.8, 4) is 0 Å². The van der Waals surface area contributed by atoms with E-state index in [1.54, 1.807) is 12.1 Å². The van der Waals surface area contributed by atoms with Gasteiger partial charge in [0.05, 0.1) is 11.0 Å². The predicted molar refractivity (Wildman–Crippen MR) is 117 cm³/mol. The number of fused-ring (bicyclic) bond motifs is 7. The Labute approximate surface area is 177 Å². The molecule has 0 spiro atoms. The second kappa shape index (κ2) is 6.54. The maximum atomic E-state index is 13.0. The summed E-state index contributed by atoms with van der Waals surface area (Å²) in [6.45, 7) is 0. The lowest BCUT2D eigenvalue weighted by atomic mass is 9.75. The highest BCUT2D eigenvalue weighted by Crippen LogP contribution is 2.54. The highest BCUT2D eigenvalue weighted by Gasteiger charge is 2.45. The first-order valence-electron chi connectivity index (χ1n) is 10.3. The van der Waals surface area contributed by atoms with Crippen LogP contribution in [0.25, 0.3) is 11.0 Å². The summed E-state index contributed by atoms with van der Waals surface area (Å²) in [6, 6.07) is 22.5. The topological polar surface area (TPSA) is 85.4 Å². The SMILES string of the molecule is O=c1oc2ccccc2c2c1N[C@H](c1ccc([N+](=O)[O-])cc1)[C@@H]1Cc3ccccc3[C@H]21. The normalized spacial score (nSPS) is 21.1. The first kappa shape index (κ1) is 17.9. The minimum Gasteiger partial charge on any atom is -0.421 e. The number of nitro benzene ring substituents is 1. The van der Waals surface area contributed by atoms with Gasteiger partial charge >= 0.3 is 5.63 Å². The molecule has 0 radical (unpaired) electrons. The molecule has 1 aliphatic heterocycles. The first-order valence-corrected chi connectivity index (χ1v) is 10.3. The molecule has 0 unspecified atom stereocenters. The molecule has 3 atom stereocenters. The fraction of sp³-hybridized carbons (Fsp3) is 0.160. The Morgan fingerprint density at radius 1 is 0.968 bits per heavy atom. The number of hydrogen-bond acceptors (Lipinski definition) is 5. The van der Waals surface area contributed by atoms with Gasteiger partial charge in [-0.05, 0) is 35.1 Å². The zero-order valence-electron chi connectivity index (χ0n) is 16.4. The van der Waals surface area contributed by atoms with Crippen molar-refractivity contribution in [2.75, 3.05) is 5.32 Å². The van der Waals surface area contributed by atoms with Crippen LogP contribution in [0.15, 0.2) is 82.0 Å². The standard InChI is InChI=1S/C25H18N2O4/c28-25-24-22(18-7-3-4-8-20(18)31-25)21-17-6-2-1-5-15(17)13-19(21)23(26-24)14-9-11-16(12-10-14)27(29)30/h1-12,19,21,23,26H,13H2/t19-,21+,23-/m1/s1. The summed E-state index contributed by atoms with van der Waals surface area (Å²) < 4.78 is 5.62. The van der Waals surface area contributed by atoms with Crippen LogP contribution < -0.4 is 10.9 Å². The largest absolute Gasteiger partial charge is 0.421 e. The van der Waals surface area contributed by atoms with Crippen molar-refractivity contribution < 1.29 is 9.34 Å². The van der Waals surface area contributed by atoms with E-state index in [0.29, 0.717) is 11.3 Å². The summed E-state index contributed by atoms with van der Waals surface area (Å²) in [5, 5.41) is 15.5. The van der Waals surface area contributed by atoms with Gasteiger partial charge in [-0.15, -0.1) is 0 Å². The van der Waals surface area contributed by atoms with Crippen LogP contribution in [0.1, 0.15) is 34.2 Å². The number of nitrogens with zero attached hydrogens (tertiary/aromatic N) is 1. The summed E-state index contributed by atoms with van der Waals surface area (Å²) >= 11 is 0. The maximum absolute atomic E-state index is 13.0. The van der Waals surface area contributed by atoms with Crippen molar-refractivity contribution in [1.29, 1.82) is 0 Å². The van der Waals surface area contributed by atoms with Gasteiger partial charge in [-0.3, -0.25) is 10.1 Å². The number of anilines is 1. The lowest BCUT2D eigenvalue weighted by Crippen LogP contribution is -2.33. The Morgan fingerprint density at radius 3 is 2.52 bits per heavy atom. The van der Waals surface area contributed by atoms with Gasteiger partial charge < -0.3 is 9.73 Å². The molecule has 1 aliphatic carbocycles. The van der Waals surface area contributed by atoms with Gasteiger partial charge in [-0.1, -0.05) is 54.6 Å². The molecule has 6 heteroatoms. The number of nitro groups is 1. The fourth-order valence-corrected chi connectivity index (χ4v) is 5.34. The lowest BCUT2D eigenvalue weighted by molar-refractivity contribution is -0.384. The maximum Gasteiger partial charge on any atom is 0.360 e. The van der Waals surface area contributed by atoms with Crippen molar-refractivity contribution in [1.82, 2.24) is 0 Å². The van der Waals surface area contributed by atoms with Gasteiger partial charge in [-0.25, -0.2) is 4.79 Å². The summed E-state index contributed by atoms with van der Waals surface area (Å²) in [6.07, 6.45) is 0.865. The molecule has 1 aromatic heterocycles. The minimum absolute atomic E-state index is 0.0432. The third-order valence-corrected chi connectivity index (χ3v) is 6.63. The van der Waals surface area contributed by atoms with Crippen LogP contribution in [-0.4, -0.2) is 4.92 Å². The highest BCUT2D eigenvalue weighted by atomic mass is 16.6. The third-order valence-electron chi connectivity index (χ3n) is 6.63. The van der Waals surface area contributed by atoms with Crippen LogP contribution in [-0.2, 0) is 6.42 Å². The van der Waals surface area contributed by atoms with Gasteiger partial charge in [0, 0.05) is 29.0 Å². The van der Waals surface area contributed by atoms with Gasteiger partial charge in [0.1, 0.15) is 11.3 Å². The van der Waals surface area contributed by atoms with Crippen molar-refractivity contribution in [2.24, 2.45) is 5.92 Å². The molecule has 1 N–H and O–H groups in total. The Kier molecular flexibility index (Phi) is 3.77. The van der Waals surface area contributed by atoms with E-state index in [-0.39, 0.29) is 29.2 Å². The number of nitrogens with one attached hydrogen (secondary N) is 1. The van der Waals surface area contributed by atoms with E-state index in [9.17, 15) is 14.9 Å². The number of rotatable bonds is 2. The molecule has 0 fully saturated rings. The van der Waals surface area contributed by atoms with Crippen LogP contribution in [0.2, 0.25) is 0 Å². The lowest BCUT2D eigenvalue weighted by Gasteiger charge is -2.37. The number of para-hydroxylation sites is 1. The Balaban J connectivity index is 1.59. The van der Waals surface area contributed by atoms with Crippen molar-refractivity contribution in [3.05, 3.63) is 116 Å². The van der Waals surface area contributed by atoms with Crippen molar-refractivity contribution in [3.63, 3.8) is 0 Å². The molecule has 3 aromatic carbocycles. The van der Waals surface area contributed by atoms with Crippen LogP contribution in [0.4, 0.5) is 11.4 Å². The van der Waals surface area contributed by atoms with E-state index in [2.05, 4.69) is 17.4 Å². The summed E-state index contributed by atoms with van der Waals surface area (Å²) in [7, 11) is 0. The molecule has 0 saturated heterocycles. The second-order valence-electron chi connectivity index (χ2n) is 8.19. The van der Waals surface area contributed by atoms with Gasteiger partial charge in [0.25, 0.3) is 5.69 Å². The molecule has 6 rings (SSSR count). The van der Waals surface area contributed by atoms with Crippen LogP contribution >= 0.6 is 0 Å². The van der Waals surface area contributed by atoms with Gasteiger partial charge in [0.2, 0.25) is 0 Å². The van der Waals surface area contributed by atoms with Gasteiger partial charge in [0.15, 0.2) is 0 Å². The van der Waals surface area contributed by atoms with Gasteiger partial charge in [-0.2, -0.15) is 0 Å². The Hall–Kier alpha value is -3.93. The van der Waals surface area contributed by atoms with E-state index in [0.717, 1.165) is 22.9 Å². The average Bonchev–Trinajstić information content (AvgIpc) is 3.18. The summed E-state index contributed by atoms with van der Waals surface area (Å²) in [5.41, 5.74) is 5.16. The molecule has 4 aromatic rings. The quantitative estimate of drug-likeness (QED) is 0.280. The molecule has 0 saturated carbocycles. The average molecular weight is 410 g/mol. The third kappa shape index (κ3) is 2.61. The molecular weight excluding hydrogens is 392 g/mol. The zero-order chi connectivity index (χ0) is 21.1. The van der Waals surface area contributed by atoms with Crippen molar-refractivity contribution >= 4 is 22.3 Å². The predicted octanol–water partition coefficient (Wildman–Crippen LogP) is 5.17. The van der Waals surface area contributed by atoms with E-state index in [1.165, 1.54) is 23.3 Å². The Bertz CT molecular complexity index is 1410. The smallest absolute Gasteiger partial charge is 0.360 e. The van der Waals surface area contributed by atoms with Crippen LogP contribution in [0.3, 0.4) is 0 Å². The molecule has 0 bridgehead atoms. The molecule has 0 amide bonds. The molecule has 31 heavy (non-hydrogen) atoms. The first-order chi connectivity index (χ1) is 15.1. The molecule has 2 aliphatic rings. The van der Waals surface area contributed by atoms with E-state index < -0.39 is 4.92 Å². The van der Waals surface area contributed by atoms with Crippen LogP contribution in [0.5, 0.6) is 0 Å². The highest BCUT2D eigenvalue weighted by molar-refractivity contribution is 5.87. The van der Waals surface area contributed by atoms with E-state index in [1.807, 2.05) is 36.4 Å². The minimum atomic E-state index is -0.400. The van der Waals surface area contributed by atoms with E-state index in [4.69, 9.17) is 4.42 Å². The number of hydrogen-bond donors (Lipinski definition) is 1. The molecular formula is C25H18N2O4. The summed E-state index contributed by atoms with van der Waals surface area (Å²) in [4.78, 5) is 23.7. The molecule has 152 valence electrons. The molecule has 6 nitrogen and oxygen atoms in total. The molecule has 2 heterocycles. The second-order valence-corrected chi connectivity index (χ2v) is 8.19. The number of non-ortho nitro benzene ring substituents is 1. The summed E-state index contributed by atoms with van der Waals surface area (Å²) in [5.74, 6) is 0.221.